The number of nitrogens with zero attached hydrogens (tertiary/aromatic N) is 2. The van der Waals surface area contributed by atoms with Gasteiger partial charge in [0.25, 0.3) is 0 Å². The SMILES string of the molecule is Cc1cc(C)c2nc(SCC(=O)NC(C)(C)C)c(C#N)cc2c1. The van der Waals surface area contributed by atoms with E-state index in [1.54, 1.807) is 0 Å². The molecule has 0 aliphatic carbocycles. The van der Waals surface area contributed by atoms with Crippen molar-refractivity contribution in [2.45, 2.75) is 45.2 Å². The van der Waals surface area contributed by atoms with Crippen LogP contribution < -0.4 is 5.32 Å². The Morgan fingerprint density at radius 1 is 1.30 bits per heavy atom. The van der Waals surface area contributed by atoms with Crippen LogP contribution in [0.4, 0.5) is 0 Å². The molecule has 1 aromatic heterocycles. The molecule has 0 fully saturated rings. The monoisotopic (exact) mass is 327 g/mol. The van der Waals surface area contributed by atoms with Gasteiger partial charge in [0, 0.05) is 10.9 Å². The minimum absolute atomic E-state index is 0.0612. The summed E-state index contributed by atoms with van der Waals surface area (Å²) in [5.74, 6) is 0.184. The van der Waals surface area contributed by atoms with Gasteiger partial charge in [-0.3, -0.25) is 4.79 Å². The second-order valence-electron chi connectivity index (χ2n) is 6.69. The number of hydrogen-bond donors (Lipinski definition) is 1. The van der Waals surface area contributed by atoms with Gasteiger partial charge in [0.1, 0.15) is 11.1 Å². The molecule has 120 valence electrons. The number of aromatic nitrogens is 1. The summed E-state index contributed by atoms with van der Waals surface area (Å²) in [6, 6.07) is 8.13. The zero-order valence-electron chi connectivity index (χ0n) is 14.2. The molecule has 1 aromatic carbocycles. The highest BCUT2D eigenvalue weighted by atomic mass is 32.2. The molecule has 0 bridgehead atoms. The second kappa shape index (κ2) is 6.59. The lowest BCUT2D eigenvalue weighted by atomic mass is 10.1. The van der Waals surface area contributed by atoms with Crippen LogP contribution >= 0.6 is 11.8 Å². The molecule has 0 saturated carbocycles. The number of aryl methyl sites for hydroxylation is 2. The summed E-state index contributed by atoms with van der Waals surface area (Å²) in [5, 5.41) is 13.8. The second-order valence-corrected chi connectivity index (χ2v) is 7.66. The first-order valence-electron chi connectivity index (χ1n) is 7.45. The van der Waals surface area contributed by atoms with Gasteiger partial charge in [0.15, 0.2) is 0 Å². The van der Waals surface area contributed by atoms with Crippen LogP contribution in [0.15, 0.2) is 23.2 Å². The van der Waals surface area contributed by atoms with Crippen LogP contribution in [-0.4, -0.2) is 22.2 Å². The van der Waals surface area contributed by atoms with E-state index in [-0.39, 0.29) is 17.2 Å². The summed E-state index contributed by atoms with van der Waals surface area (Å²) in [5.41, 5.74) is 3.35. The van der Waals surface area contributed by atoms with Crippen molar-refractivity contribution >= 4 is 28.6 Å². The smallest absolute Gasteiger partial charge is 0.230 e. The molecular weight excluding hydrogens is 306 g/mol. The van der Waals surface area contributed by atoms with Gasteiger partial charge < -0.3 is 5.32 Å². The first-order chi connectivity index (χ1) is 10.7. The summed E-state index contributed by atoms with van der Waals surface area (Å²) < 4.78 is 0. The van der Waals surface area contributed by atoms with E-state index in [0.717, 1.165) is 22.0 Å². The van der Waals surface area contributed by atoms with Crippen molar-refractivity contribution in [1.29, 1.82) is 5.26 Å². The van der Waals surface area contributed by atoms with Gasteiger partial charge in [-0.15, -0.1) is 0 Å². The molecule has 5 heteroatoms. The third kappa shape index (κ3) is 4.46. The molecular formula is C18H21N3OS. The summed E-state index contributed by atoms with van der Waals surface area (Å²) in [6.07, 6.45) is 0. The predicted octanol–water partition coefficient (Wildman–Crippen LogP) is 3.73. The average molecular weight is 327 g/mol. The molecule has 23 heavy (non-hydrogen) atoms. The predicted molar refractivity (Wildman–Crippen MR) is 94.6 cm³/mol. The van der Waals surface area contributed by atoms with E-state index in [4.69, 9.17) is 0 Å². The zero-order valence-corrected chi connectivity index (χ0v) is 15.0. The Balaban J connectivity index is 2.30. The van der Waals surface area contributed by atoms with Gasteiger partial charge in [0.05, 0.1) is 16.8 Å². The van der Waals surface area contributed by atoms with Crippen LogP contribution in [0.1, 0.15) is 37.5 Å². The Bertz CT molecular complexity index is 800. The number of thioether (sulfide) groups is 1. The molecule has 0 aliphatic rings. The normalized spacial score (nSPS) is 11.3. The lowest BCUT2D eigenvalue weighted by Gasteiger charge is -2.20. The number of benzene rings is 1. The number of nitriles is 1. The Kier molecular flexibility index (Phi) is 4.96. The van der Waals surface area contributed by atoms with Crippen molar-refractivity contribution in [2.75, 3.05) is 5.75 Å². The Labute approximate surface area is 141 Å². The third-order valence-corrected chi connectivity index (χ3v) is 4.18. The van der Waals surface area contributed by atoms with E-state index >= 15 is 0 Å². The highest BCUT2D eigenvalue weighted by Gasteiger charge is 2.16. The molecule has 0 unspecified atom stereocenters. The molecule has 0 radical (unpaired) electrons. The van der Waals surface area contributed by atoms with Gasteiger partial charge in [-0.05, 0) is 52.3 Å². The van der Waals surface area contributed by atoms with Gasteiger partial charge in [-0.25, -0.2) is 4.98 Å². The summed E-state index contributed by atoms with van der Waals surface area (Å²) in [6.45, 7) is 9.86. The molecule has 0 atom stereocenters. The third-order valence-electron chi connectivity index (χ3n) is 3.19. The maximum Gasteiger partial charge on any atom is 0.230 e. The van der Waals surface area contributed by atoms with Crippen molar-refractivity contribution in [3.63, 3.8) is 0 Å². The number of carbonyl (C=O) groups excluding carboxylic acids is 1. The number of fused-ring (bicyclic) bond motifs is 1. The maximum atomic E-state index is 12.0. The molecule has 2 aromatic rings. The molecule has 0 aliphatic heterocycles. The van der Waals surface area contributed by atoms with Gasteiger partial charge >= 0.3 is 0 Å². The number of pyridine rings is 1. The minimum Gasteiger partial charge on any atom is -0.351 e. The number of hydrogen-bond acceptors (Lipinski definition) is 4. The highest BCUT2D eigenvalue weighted by molar-refractivity contribution is 8.00. The van der Waals surface area contributed by atoms with Crippen molar-refractivity contribution < 1.29 is 4.79 Å². The summed E-state index contributed by atoms with van der Waals surface area (Å²) in [7, 11) is 0. The molecule has 0 spiro atoms. The highest BCUT2D eigenvalue weighted by Crippen LogP contribution is 2.27. The molecule has 4 nitrogen and oxygen atoms in total. The van der Waals surface area contributed by atoms with Crippen LogP contribution in [0.5, 0.6) is 0 Å². The fourth-order valence-electron chi connectivity index (χ4n) is 2.41. The molecule has 0 saturated heterocycles. The number of nitrogens with one attached hydrogen (secondary N) is 1. The summed E-state index contributed by atoms with van der Waals surface area (Å²) in [4.78, 5) is 16.6. The quantitative estimate of drug-likeness (QED) is 0.872. The summed E-state index contributed by atoms with van der Waals surface area (Å²) >= 11 is 1.30. The Morgan fingerprint density at radius 3 is 2.61 bits per heavy atom. The first kappa shape index (κ1) is 17.3. The van der Waals surface area contributed by atoms with Crippen LogP contribution in [0.2, 0.25) is 0 Å². The fraction of sp³-hybridized carbons (Fsp3) is 0.389. The Morgan fingerprint density at radius 2 is 2.00 bits per heavy atom. The standard InChI is InChI=1S/C18H21N3OS/c1-11-6-12(2)16-13(7-11)8-14(9-19)17(20-16)23-10-15(22)21-18(3,4)5/h6-8H,10H2,1-5H3,(H,21,22). The van der Waals surface area contributed by atoms with E-state index in [1.807, 2.05) is 46.8 Å². The molecule has 1 amide bonds. The molecule has 1 heterocycles. The van der Waals surface area contributed by atoms with E-state index in [2.05, 4.69) is 22.4 Å². The van der Waals surface area contributed by atoms with Gasteiger partial charge in [0.2, 0.25) is 5.91 Å². The van der Waals surface area contributed by atoms with Crippen LogP contribution in [0, 0.1) is 25.2 Å². The van der Waals surface area contributed by atoms with Crippen molar-refractivity contribution in [3.8, 4) is 6.07 Å². The van der Waals surface area contributed by atoms with Crippen molar-refractivity contribution in [2.24, 2.45) is 0 Å². The number of amides is 1. The average Bonchev–Trinajstić information content (AvgIpc) is 2.42. The molecule has 2 rings (SSSR count). The number of rotatable bonds is 3. The Hall–Kier alpha value is -2.06. The van der Waals surface area contributed by atoms with E-state index in [0.29, 0.717) is 10.6 Å². The van der Waals surface area contributed by atoms with Gasteiger partial charge in [-0.1, -0.05) is 23.4 Å². The lowest BCUT2D eigenvalue weighted by molar-refractivity contribution is -0.119. The minimum atomic E-state index is -0.263. The molecule has 1 N–H and O–H groups in total. The van der Waals surface area contributed by atoms with E-state index < -0.39 is 0 Å². The van der Waals surface area contributed by atoms with Crippen molar-refractivity contribution in [1.82, 2.24) is 10.3 Å². The maximum absolute atomic E-state index is 12.0. The van der Waals surface area contributed by atoms with E-state index in [9.17, 15) is 10.1 Å². The first-order valence-corrected chi connectivity index (χ1v) is 8.44. The fourth-order valence-corrected chi connectivity index (χ4v) is 3.17. The largest absolute Gasteiger partial charge is 0.351 e. The number of carbonyl (C=O) groups is 1. The zero-order chi connectivity index (χ0) is 17.2. The topological polar surface area (TPSA) is 65.8 Å². The van der Waals surface area contributed by atoms with Crippen LogP contribution in [-0.2, 0) is 4.79 Å². The van der Waals surface area contributed by atoms with Crippen LogP contribution in [0.25, 0.3) is 10.9 Å². The van der Waals surface area contributed by atoms with Crippen LogP contribution in [0.3, 0.4) is 0 Å². The van der Waals surface area contributed by atoms with E-state index in [1.165, 1.54) is 11.8 Å². The van der Waals surface area contributed by atoms with Gasteiger partial charge in [-0.2, -0.15) is 5.26 Å². The van der Waals surface area contributed by atoms with Crippen molar-refractivity contribution in [3.05, 3.63) is 34.9 Å². The lowest BCUT2D eigenvalue weighted by Crippen LogP contribution is -2.41.